The molecule has 2 saturated heterocycles. The highest BCUT2D eigenvalue weighted by atomic mass is 32.2. The maximum Gasteiger partial charge on any atom is 0.0694 e. The molecule has 76 valence electrons. The number of nitrogens with one attached hydrogen (secondary N) is 1. The van der Waals surface area contributed by atoms with Gasteiger partial charge in [-0.25, -0.2) is 0 Å². The van der Waals surface area contributed by atoms with Crippen molar-refractivity contribution in [3.8, 4) is 0 Å². The molecule has 0 aliphatic carbocycles. The van der Waals surface area contributed by atoms with Crippen LogP contribution in [-0.2, 0) is 4.74 Å². The van der Waals surface area contributed by atoms with Crippen molar-refractivity contribution in [2.24, 2.45) is 0 Å². The van der Waals surface area contributed by atoms with E-state index in [1.807, 2.05) is 0 Å². The van der Waals surface area contributed by atoms with Crippen molar-refractivity contribution >= 4 is 11.8 Å². The predicted octanol–water partition coefficient (Wildman–Crippen LogP) is 2.00. The Morgan fingerprint density at radius 1 is 1.62 bits per heavy atom. The van der Waals surface area contributed by atoms with Crippen molar-refractivity contribution in [1.82, 2.24) is 5.32 Å². The standard InChI is InChI=1S/C10H19NOS/c1-3-9-6-10(4-5-12-9)11-8(2)7-13-10/h8-9,11H,3-7H2,1-2H3. The lowest BCUT2D eigenvalue weighted by molar-refractivity contribution is -0.00705. The van der Waals surface area contributed by atoms with Crippen LogP contribution in [0.25, 0.3) is 0 Å². The van der Waals surface area contributed by atoms with E-state index in [2.05, 4.69) is 30.9 Å². The number of hydrogen-bond donors (Lipinski definition) is 1. The van der Waals surface area contributed by atoms with Gasteiger partial charge in [0, 0.05) is 24.8 Å². The molecule has 0 aromatic heterocycles. The van der Waals surface area contributed by atoms with Crippen molar-refractivity contribution in [2.75, 3.05) is 12.4 Å². The van der Waals surface area contributed by atoms with Crippen molar-refractivity contribution < 1.29 is 4.74 Å². The molecule has 2 aliphatic heterocycles. The Morgan fingerprint density at radius 2 is 2.46 bits per heavy atom. The van der Waals surface area contributed by atoms with Gasteiger partial charge >= 0.3 is 0 Å². The van der Waals surface area contributed by atoms with Crippen LogP contribution in [0.1, 0.15) is 33.1 Å². The number of ether oxygens (including phenoxy) is 1. The van der Waals surface area contributed by atoms with Gasteiger partial charge < -0.3 is 4.74 Å². The van der Waals surface area contributed by atoms with E-state index in [0.717, 1.165) is 13.0 Å². The SMILES string of the molecule is CCC1CC2(CCO1)NC(C)CS2. The van der Waals surface area contributed by atoms with Crippen LogP contribution < -0.4 is 5.32 Å². The monoisotopic (exact) mass is 201 g/mol. The van der Waals surface area contributed by atoms with Gasteiger partial charge in [0.15, 0.2) is 0 Å². The van der Waals surface area contributed by atoms with E-state index in [-0.39, 0.29) is 0 Å². The minimum atomic E-state index is 0.359. The van der Waals surface area contributed by atoms with Crippen LogP contribution >= 0.6 is 11.8 Å². The summed E-state index contributed by atoms with van der Waals surface area (Å²) in [6.45, 7) is 5.43. The van der Waals surface area contributed by atoms with Crippen LogP contribution in [0.2, 0.25) is 0 Å². The van der Waals surface area contributed by atoms with Crippen LogP contribution in [0.15, 0.2) is 0 Å². The summed E-state index contributed by atoms with van der Waals surface area (Å²) in [5.74, 6) is 1.26. The van der Waals surface area contributed by atoms with Crippen molar-refractivity contribution in [1.29, 1.82) is 0 Å². The quantitative estimate of drug-likeness (QED) is 0.701. The summed E-state index contributed by atoms with van der Waals surface area (Å²) in [5.41, 5.74) is 0. The van der Waals surface area contributed by atoms with Gasteiger partial charge in [-0.05, 0) is 19.8 Å². The summed E-state index contributed by atoms with van der Waals surface area (Å²) in [5, 5.41) is 3.72. The van der Waals surface area contributed by atoms with Crippen LogP contribution in [0.3, 0.4) is 0 Å². The number of rotatable bonds is 1. The minimum Gasteiger partial charge on any atom is -0.378 e. The molecular formula is C10H19NOS. The molecule has 13 heavy (non-hydrogen) atoms. The summed E-state index contributed by atoms with van der Waals surface area (Å²) in [7, 11) is 0. The largest absolute Gasteiger partial charge is 0.378 e. The minimum absolute atomic E-state index is 0.359. The average molecular weight is 201 g/mol. The lowest BCUT2D eigenvalue weighted by atomic mass is 10.0. The van der Waals surface area contributed by atoms with Gasteiger partial charge in [0.1, 0.15) is 0 Å². The summed E-state index contributed by atoms with van der Waals surface area (Å²) < 4.78 is 5.70. The van der Waals surface area contributed by atoms with E-state index in [1.54, 1.807) is 0 Å². The van der Waals surface area contributed by atoms with Gasteiger partial charge in [-0.3, -0.25) is 5.32 Å². The molecule has 3 atom stereocenters. The maximum atomic E-state index is 5.70. The maximum absolute atomic E-state index is 5.70. The first-order valence-electron chi connectivity index (χ1n) is 5.27. The zero-order chi connectivity index (χ0) is 9.31. The molecule has 1 N–H and O–H groups in total. The Labute approximate surface area is 84.8 Å². The van der Waals surface area contributed by atoms with Crippen LogP contribution in [0.5, 0.6) is 0 Å². The topological polar surface area (TPSA) is 21.3 Å². The Hall–Kier alpha value is 0.270. The van der Waals surface area contributed by atoms with Crippen molar-refractivity contribution in [3.63, 3.8) is 0 Å². The Balaban J connectivity index is 1.98. The smallest absolute Gasteiger partial charge is 0.0694 e. The van der Waals surface area contributed by atoms with E-state index in [9.17, 15) is 0 Å². The Kier molecular flexibility index (Phi) is 2.86. The second kappa shape index (κ2) is 3.79. The third-order valence-electron chi connectivity index (χ3n) is 2.99. The fourth-order valence-electron chi connectivity index (χ4n) is 2.26. The van der Waals surface area contributed by atoms with E-state index >= 15 is 0 Å². The fraction of sp³-hybridized carbons (Fsp3) is 1.00. The van der Waals surface area contributed by atoms with Gasteiger partial charge in [0.2, 0.25) is 0 Å². The molecule has 2 fully saturated rings. The van der Waals surface area contributed by atoms with Crippen LogP contribution in [0, 0.1) is 0 Å². The van der Waals surface area contributed by atoms with E-state index in [4.69, 9.17) is 4.74 Å². The molecule has 0 aromatic rings. The van der Waals surface area contributed by atoms with Crippen LogP contribution in [0.4, 0.5) is 0 Å². The van der Waals surface area contributed by atoms with E-state index in [0.29, 0.717) is 17.0 Å². The van der Waals surface area contributed by atoms with Gasteiger partial charge in [-0.1, -0.05) is 6.92 Å². The Bertz CT molecular complexity index is 184. The predicted molar refractivity (Wildman–Crippen MR) is 57.1 cm³/mol. The molecule has 0 bridgehead atoms. The Morgan fingerprint density at radius 3 is 3.08 bits per heavy atom. The fourth-order valence-corrected chi connectivity index (χ4v) is 3.73. The van der Waals surface area contributed by atoms with Gasteiger partial charge in [0.25, 0.3) is 0 Å². The second-order valence-electron chi connectivity index (χ2n) is 4.21. The summed E-state index contributed by atoms with van der Waals surface area (Å²) in [6, 6.07) is 0.681. The summed E-state index contributed by atoms with van der Waals surface area (Å²) >= 11 is 2.10. The molecule has 1 spiro atoms. The highest BCUT2D eigenvalue weighted by Gasteiger charge is 2.41. The molecule has 2 nitrogen and oxygen atoms in total. The zero-order valence-corrected chi connectivity index (χ0v) is 9.32. The van der Waals surface area contributed by atoms with E-state index < -0.39 is 0 Å². The molecule has 2 aliphatic rings. The molecule has 0 aromatic carbocycles. The molecule has 2 heterocycles. The van der Waals surface area contributed by atoms with Gasteiger partial charge in [-0.15, -0.1) is 11.8 Å². The van der Waals surface area contributed by atoms with Crippen molar-refractivity contribution in [2.45, 2.75) is 50.1 Å². The van der Waals surface area contributed by atoms with E-state index in [1.165, 1.54) is 18.6 Å². The number of hydrogen-bond acceptors (Lipinski definition) is 3. The molecule has 3 unspecified atom stereocenters. The normalized spacial score (nSPS) is 45.7. The molecule has 0 radical (unpaired) electrons. The molecule has 0 saturated carbocycles. The lowest BCUT2D eigenvalue weighted by Crippen LogP contribution is -2.47. The summed E-state index contributed by atoms with van der Waals surface area (Å²) in [4.78, 5) is 0.359. The molecule has 2 rings (SSSR count). The zero-order valence-electron chi connectivity index (χ0n) is 8.51. The lowest BCUT2D eigenvalue weighted by Gasteiger charge is -2.37. The van der Waals surface area contributed by atoms with Gasteiger partial charge in [-0.2, -0.15) is 0 Å². The summed E-state index contributed by atoms with van der Waals surface area (Å²) in [6.07, 6.45) is 4.01. The van der Waals surface area contributed by atoms with Crippen LogP contribution in [-0.4, -0.2) is 29.4 Å². The highest BCUT2D eigenvalue weighted by molar-refractivity contribution is 8.00. The first-order valence-corrected chi connectivity index (χ1v) is 6.26. The molecule has 3 heteroatoms. The van der Waals surface area contributed by atoms with Gasteiger partial charge in [0.05, 0.1) is 11.0 Å². The molecule has 0 amide bonds. The average Bonchev–Trinajstić information content (AvgIpc) is 2.47. The number of thioether (sulfide) groups is 1. The highest BCUT2D eigenvalue weighted by Crippen LogP contribution is 2.40. The van der Waals surface area contributed by atoms with Crippen molar-refractivity contribution in [3.05, 3.63) is 0 Å². The molecular weight excluding hydrogens is 182 g/mol. The third kappa shape index (κ3) is 2.03. The third-order valence-corrected chi connectivity index (χ3v) is 4.70. The first-order chi connectivity index (χ1) is 6.24. The second-order valence-corrected chi connectivity index (χ2v) is 5.61. The first kappa shape index (κ1) is 9.81.